The Labute approximate surface area is 161 Å². The number of guanidine groups is 1. The van der Waals surface area contributed by atoms with E-state index in [4.69, 9.17) is 4.74 Å². The molecule has 1 aromatic carbocycles. The van der Waals surface area contributed by atoms with E-state index in [-0.39, 0.29) is 5.82 Å². The first-order valence-electron chi connectivity index (χ1n) is 10.1. The number of methoxy groups -OCH3 is 1. The van der Waals surface area contributed by atoms with E-state index >= 15 is 0 Å². The molecule has 0 spiro atoms. The van der Waals surface area contributed by atoms with Crippen molar-refractivity contribution < 1.29 is 9.13 Å². The molecule has 27 heavy (non-hydrogen) atoms. The summed E-state index contributed by atoms with van der Waals surface area (Å²) in [5.41, 5.74) is 1.57. The Hall–Kier alpha value is -1.82. The molecule has 0 radical (unpaired) electrons. The van der Waals surface area contributed by atoms with Gasteiger partial charge in [0.05, 0.1) is 7.11 Å². The molecule has 3 aliphatic rings. The number of aliphatic imine (C=N–C) groups is 1. The summed E-state index contributed by atoms with van der Waals surface area (Å²) in [4.78, 5) is 9.24. The van der Waals surface area contributed by atoms with Gasteiger partial charge in [0.25, 0.3) is 0 Å². The molecule has 2 aliphatic carbocycles. The molecule has 1 heterocycles. The lowest BCUT2D eigenvalue weighted by Gasteiger charge is -2.37. The number of halogens is 1. The Balaban J connectivity index is 1.25. The van der Waals surface area contributed by atoms with Crippen LogP contribution in [-0.4, -0.2) is 62.6 Å². The van der Waals surface area contributed by atoms with Crippen LogP contribution in [0.5, 0.6) is 5.75 Å². The molecule has 1 aliphatic heterocycles. The third-order valence-corrected chi connectivity index (χ3v) is 6.44. The predicted octanol–water partition coefficient (Wildman–Crippen LogP) is 2.72. The van der Waals surface area contributed by atoms with Gasteiger partial charge in [-0.2, -0.15) is 0 Å². The average Bonchev–Trinajstić information content (AvgIpc) is 3.57. The van der Waals surface area contributed by atoms with Crippen molar-refractivity contribution in [1.82, 2.24) is 15.1 Å². The van der Waals surface area contributed by atoms with Crippen LogP contribution in [0.1, 0.15) is 31.2 Å². The Kier molecular flexibility index (Phi) is 5.26. The number of piperazine rings is 1. The van der Waals surface area contributed by atoms with Crippen LogP contribution in [0.4, 0.5) is 4.39 Å². The van der Waals surface area contributed by atoms with E-state index in [9.17, 15) is 4.39 Å². The molecule has 0 atom stereocenters. The summed E-state index contributed by atoms with van der Waals surface area (Å²) in [7, 11) is 3.37. The smallest absolute Gasteiger partial charge is 0.193 e. The number of benzene rings is 1. The van der Waals surface area contributed by atoms with Crippen LogP contribution in [0.15, 0.2) is 23.2 Å². The molecule has 1 N–H and O–H groups in total. The zero-order chi connectivity index (χ0) is 18.9. The largest absolute Gasteiger partial charge is 0.494 e. The van der Waals surface area contributed by atoms with Gasteiger partial charge >= 0.3 is 0 Å². The number of hydrogen-bond donors (Lipinski definition) is 1. The second kappa shape index (κ2) is 7.66. The lowest BCUT2D eigenvalue weighted by Crippen LogP contribution is -2.53. The van der Waals surface area contributed by atoms with Crippen molar-refractivity contribution >= 4 is 5.96 Å². The van der Waals surface area contributed by atoms with E-state index in [1.807, 2.05) is 13.1 Å². The maximum atomic E-state index is 13.9. The van der Waals surface area contributed by atoms with E-state index in [0.29, 0.717) is 11.2 Å². The Bertz CT molecular complexity index is 691. The maximum absolute atomic E-state index is 13.9. The second-order valence-electron chi connectivity index (χ2n) is 8.27. The molecule has 0 bridgehead atoms. The topological polar surface area (TPSA) is 40.1 Å². The predicted molar refractivity (Wildman–Crippen MR) is 106 cm³/mol. The van der Waals surface area contributed by atoms with E-state index in [2.05, 4.69) is 20.1 Å². The highest BCUT2D eigenvalue weighted by molar-refractivity contribution is 5.80. The quantitative estimate of drug-likeness (QED) is 0.614. The molecule has 5 nitrogen and oxygen atoms in total. The molecule has 0 unspecified atom stereocenters. The standard InChI is InChI=1S/C21H31FN4O/c1-23-20(24-15-21(7-8-21)17-4-5-17)26-11-9-25(10-12-26)14-16-3-6-19(27-2)18(22)13-16/h3,6,13,17H,4-5,7-12,14-15H2,1-2H3,(H,23,24). The molecular formula is C21H31FN4O. The summed E-state index contributed by atoms with van der Waals surface area (Å²) in [6, 6.07) is 5.24. The highest BCUT2D eigenvalue weighted by atomic mass is 19.1. The molecular weight excluding hydrogens is 343 g/mol. The highest BCUT2D eigenvalue weighted by Gasteiger charge is 2.53. The average molecular weight is 375 g/mol. The van der Waals surface area contributed by atoms with Gasteiger partial charge in [-0.25, -0.2) is 4.39 Å². The number of nitrogens with zero attached hydrogens (tertiary/aromatic N) is 3. The van der Waals surface area contributed by atoms with E-state index in [0.717, 1.165) is 56.7 Å². The summed E-state index contributed by atoms with van der Waals surface area (Å²) in [6.07, 6.45) is 5.61. The minimum absolute atomic E-state index is 0.289. The third kappa shape index (κ3) is 4.21. The molecule has 6 heteroatoms. The van der Waals surface area contributed by atoms with Gasteiger partial charge in [0, 0.05) is 46.3 Å². The van der Waals surface area contributed by atoms with Crippen molar-refractivity contribution in [2.24, 2.45) is 16.3 Å². The van der Waals surface area contributed by atoms with Crippen LogP contribution in [0.25, 0.3) is 0 Å². The Morgan fingerprint density at radius 3 is 2.56 bits per heavy atom. The molecule has 148 valence electrons. The fraction of sp³-hybridized carbons (Fsp3) is 0.667. The van der Waals surface area contributed by atoms with Crippen molar-refractivity contribution in [2.45, 2.75) is 32.2 Å². The Morgan fingerprint density at radius 2 is 2.00 bits per heavy atom. The first-order valence-corrected chi connectivity index (χ1v) is 10.1. The second-order valence-corrected chi connectivity index (χ2v) is 8.27. The van der Waals surface area contributed by atoms with E-state index in [1.165, 1.54) is 32.8 Å². The van der Waals surface area contributed by atoms with Gasteiger partial charge in [-0.05, 0) is 54.7 Å². The normalized spacial score (nSPS) is 22.6. The van der Waals surface area contributed by atoms with Gasteiger partial charge in [-0.3, -0.25) is 9.89 Å². The van der Waals surface area contributed by atoms with Crippen LogP contribution >= 0.6 is 0 Å². The molecule has 1 aromatic rings. The minimum atomic E-state index is -0.289. The molecule has 3 fully saturated rings. The van der Waals surface area contributed by atoms with Crippen LogP contribution in [0.3, 0.4) is 0 Å². The summed E-state index contributed by atoms with van der Waals surface area (Å²) >= 11 is 0. The maximum Gasteiger partial charge on any atom is 0.193 e. The number of rotatable bonds is 6. The number of hydrogen-bond acceptors (Lipinski definition) is 3. The van der Waals surface area contributed by atoms with Gasteiger partial charge in [-0.1, -0.05) is 6.07 Å². The van der Waals surface area contributed by atoms with Crippen molar-refractivity contribution in [3.8, 4) is 5.75 Å². The third-order valence-electron chi connectivity index (χ3n) is 6.44. The number of ether oxygens (including phenoxy) is 1. The zero-order valence-corrected chi connectivity index (χ0v) is 16.5. The van der Waals surface area contributed by atoms with E-state index < -0.39 is 0 Å². The summed E-state index contributed by atoms with van der Waals surface area (Å²) < 4.78 is 18.9. The lowest BCUT2D eigenvalue weighted by molar-refractivity contribution is 0.171. The zero-order valence-electron chi connectivity index (χ0n) is 16.5. The molecule has 2 saturated carbocycles. The van der Waals surface area contributed by atoms with Crippen LogP contribution in [-0.2, 0) is 6.54 Å². The van der Waals surface area contributed by atoms with Crippen LogP contribution < -0.4 is 10.1 Å². The van der Waals surface area contributed by atoms with Crippen LogP contribution in [0.2, 0.25) is 0 Å². The summed E-state index contributed by atoms with van der Waals surface area (Å²) in [5.74, 6) is 2.02. The fourth-order valence-corrected chi connectivity index (χ4v) is 4.36. The van der Waals surface area contributed by atoms with Crippen LogP contribution in [0, 0.1) is 17.2 Å². The van der Waals surface area contributed by atoms with Gasteiger partial charge in [-0.15, -0.1) is 0 Å². The van der Waals surface area contributed by atoms with Crippen molar-refractivity contribution in [2.75, 3.05) is 46.9 Å². The first-order chi connectivity index (χ1) is 13.1. The fourth-order valence-electron chi connectivity index (χ4n) is 4.36. The number of nitrogens with one attached hydrogen (secondary N) is 1. The first kappa shape index (κ1) is 18.5. The van der Waals surface area contributed by atoms with Crippen molar-refractivity contribution in [3.05, 3.63) is 29.6 Å². The SMILES string of the molecule is CN=C(NCC1(C2CC2)CC1)N1CCN(Cc2ccc(OC)c(F)c2)CC1. The van der Waals surface area contributed by atoms with Crippen molar-refractivity contribution in [1.29, 1.82) is 0 Å². The molecule has 1 saturated heterocycles. The lowest BCUT2D eigenvalue weighted by atomic mass is 10.0. The molecule has 0 amide bonds. The van der Waals surface area contributed by atoms with Gasteiger partial charge in [0.1, 0.15) is 0 Å². The Morgan fingerprint density at radius 1 is 1.26 bits per heavy atom. The highest BCUT2D eigenvalue weighted by Crippen LogP contribution is 2.60. The van der Waals surface area contributed by atoms with Gasteiger partial charge < -0.3 is 15.0 Å². The minimum Gasteiger partial charge on any atom is -0.494 e. The monoisotopic (exact) mass is 374 g/mol. The molecule has 0 aromatic heterocycles. The van der Waals surface area contributed by atoms with E-state index in [1.54, 1.807) is 12.1 Å². The van der Waals surface area contributed by atoms with Gasteiger partial charge in [0.2, 0.25) is 0 Å². The van der Waals surface area contributed by atoms with Crippen molar-refractivity contribution in [3.63, 3.8) is 0 Å². The summed E-state index contributed by atoms with van der Waals surface area (Å²) in [5, 5.41) is 3.64. The summed E-state index contributed by atoms with van der Waals surface area (Å²) in [6.45, 7) is 5.68. The van der Waals surface area contributed by atoms with Gasteiger partial charge in [0.15, 0.2) is 17.5 Å². The molecule has 4 rings (SSSR count).